The summed E-state index contributed by atoms with van der Waals surface area (Å²) < 4.78 is 16.3. The highest BCUT2D eigenvalue weighted by Gasteiger charge is 2.20. The van der Waals surface area contributed by atoms with Crippen LogP contribution < -0.4 is 9.47 Å². The largest absolute Gasteiger partial charge is 0.493 e. The predicted molar refractivity (Wildman–Crippen MR) is 106 cm³/mol. The van der Waals surface area contributed by atoms with Crippen molar-refractivity contribution in [3.63, 3.8) is 0 Å². The number of ether oxygens (including phenoxy) is 3. The molecule has 140 valence electrons. The highest BCUT2D eigenvalue weighted by molar-refractivity contribution is 7.98. The zero-order chi connectivity index (χ0) is 18.9. The fourth-order valence-electron chi connectivity index (χ4n) is 2.00. The van der Waals surface area contributed by atoms with E-state index in [1.54, 1.807) is 14.2 Å². The molecule has 0 saturated carbocycles. The maximum atomic E-state index is 9.49. The Hall–Kier alpha value is -1.52. The molecule has 0 aliphatic heterocycles. The summed E-state index contributed by atoms with van der Waals surface area (Å²) >= 11 is 0.784. The van der Waals surface area contributed by atoms with E-state index in [1.807, 2.05) is 45.4 Å². The van der Waals surface area contributed by atoms with Gasteiger partial charge in [0, 0.05) is 6.54 Å². The molecule has 0 fully saturated rings. The molecule has 1 aromatic carbocycles. The Morgan fingerprint density at radius 3 is 2.52 bits per heavy atom. The smallest absolute Gasteiger partial charge is 0.161 e. The van der Waals surface area contributed by atoms with Crippen LogP contribution in [0.15, 0.2) is 18.2 Å². The number of aliphatic hydroxyl groups is 1. The van der Waals surface area contributed by atoms with Gasteiger partial charge >= 0.3 is 0 Å². The number of likely N-dealkylation sites (N-methyl/N-ethyl adjacent to an activating group) is 1. The summed E-state index contributed by atoms with van der Waals surface area (Å²) in [6.07, 6.45) is 1.85. The molecule has 0 unspecified atom stereocenters. The minimum absolute atomic E-state index is 0.186. The number of aliphatic hydroxyl groups excluding tert-OH is 1. The highest BCUT2D eigenvalue weighted by atomic mass is 32.1. The maximum absolute atomic E-state index is 9.49. The van der Waals surface area contributed by atoms with E-state index in [1.165, 1.54) is 0 Å². The number of benzene rings is 1. The van der Waals surface area contributed by atoms with E-state index in [0.29, 0.717) is 24.7 Å². The first-order valence-electron chi connectivity index (χ1n) is 8.03. The van der Waals surface area contributed by atoms with Gasteiger partial charge in [-0.25, -0.2) is 0 Å². The van der Waals surface area contributed by atoms with Crippen molar-refractivity contribution in [1.82, 2.24) is 4.90 Å². The molecule has 0 aromatic heterocycles. The average Bonchev–Trinajstić information content (AvgIpc) is 2.62. The van der Waals surface area contributed by atoms with Crippen molar-refractivity contribution in [3.05, 3.63) is 23.8 Å². The van der Waals surface area contributed by atoms with E-state index in [-0.39, 0.29) is 10.6 Å². The van der Waals surface area contributed by atoms with Gasteiger partial charge in [0.25, 0.3) is 0 Å². The first-order valence-corrected chi connectivity index (χ1v) is 9.37. The average molecular weight is 368 g/mol. The van der Waals surface area contributed by atoms with Crippen molar-refractivity contribution in [2.75, 3.05) is 40.7 Å². The molecular weight excluding hydrogens is 338 g/mol. The van der Waals surface area contributed by atoms with Crippen LogP contribution in [0.3, 0.4) is 0 Å². The summed E-state index contributed by atoms with van der Waals surface area (Å²) in [5.74, 6) is 7.29. The third kappa shape index (κ3) is 7.09. The van der Waals surface area contributed by atoms with E-state index in [2.05, 4.69) is 16.7 Å². The van der Waals surface area contributed by atoms with Crippen LogP contribution in [0.4, 0.5) is 0 Å². The molecule has 6 heteroatoms. The SMILES string of the molecule is COc1ccc(COCCN(C)C(C)(C)C#CC(O)=[SH]C)cc1OC. The van der Waals surface area contributed by atoms with Crippen LogP contribution in [0, 0.1) is 11.8 Å². The second-order valence-corrected chi connectivity index (χ2v) is 6.89. The van der Waals surface area contributed by atoms with Crippen LogP contribution in [0.2, 0.25) is 0 Å². The van der Waals surface area contributed by atoms with Gasteiger partial charge in [-0.05, 0) is 50.8 Å². The molecule has 0 bridgehead atoms. The van der Waals surface area contributed by atoms with Crippen LogP contribution in [-0.2, 0) is 11.3 Å². The van der Waals surface area contributed by atoms with E-state index in [0.717, 1.165) is 23.5 Å². The molecule has 5 nitrogen and oxygen atoms in total. The van der Waals surface area contributed by atoms with E-state index < -0.39 is 0 Å². The molecule has 1 rings (SSSR count). The third-order valence-corrected chi connectivity index (χ3v) is 4.47. The first kappa shape index (κ1) is 21.5. The molecule has 0 spiro atoms. The standard InChI is InChI=1S/C19H29NO4S/c1-19(2,10-9-18(21)25-6)20(3)11-12-24-14-15-7-8-16(22-4)17(13-15)23-5/h7-8,13,21,25H,11-12,14H2,1-6H3. The van der Waals surface area contributed by atoms with Crippen molar-refractivity contribution < 1.29 is 19.3 Å². The number of thiol groups is 1. The molecule has 0 amide bonds. The normalized spacial score (nSPS) is 12.2. The van der Waals surface area contributed by atoms with Gasteiger partial charge in [-0.2, -0.15) is 11.4 Å². The molecular formula is C19H29NO4S. The number of hydrogen-bond acceptors (Lipinski definition) is 4. The van der Waals surface area contributed by atoms with Crippen LogP contribution in [0.1, 0.15) is 19.4 Å². The summed E-state index contributed by atoms with van der Waals surface area (Å²) in [6.45, 7) is 5.86. The quantitative estimate of drug-likeness (QED) is 0.320. The summed E-state index contributed by atoms with van der Waals surface area (Å²) in [6, 6.07) is 5.75. The topological polar surface area (TPSA) is 51.2 Å². The van der Waals surface area contributed by atoms with Crippen LogP contribution in [0.25, 0.3) is 0 Å². The Morgan fingerprint density at radius 1 is 1.24 bits per heavy atom. The van der Waals surface area contributed by atoms with Crippen molar-refractivity contribution in [3.8, 4) is 23.3 Å². The monoisotopic (exact) mass is 367 g/mol. The summed E-state index contributed by atoms with van der Waals surface area (Å²) in [5.41, 5.74) is 0.687. The second-order valence-electron chi connectivity index (χ2n) is 6.02. The van der Waals surface area contributed by atoms with Gasteiger partial charge in [0.05, 0.1) is 33.0 Å². The molecule has 0 aliphatic rings. The lowest BCUT2D eigenvalue weighted by atomic mass is 10.0. The van der Waals surface area contributed by atoms with Gasteiger partial charge in [-0.15, -0.1) is 0 Å². The number of rotatable bonds is 8. The molecule has 1 aromatic rings. The Labute approximate surface area is 154 Å². The summed E-state index contributed by atoms with van der Waals surface area (Å²) in [4.78, 5) is 2.11. The fraction of sp³-hybridized carbons (Fsp3) is 0.526. The number of nitrogens with zero attached hydrogens (tertiary/aromatic N) is 1. The molecule has 1 N–H and O–H groups in total. The third-order valence-electron chi connectivity index (χ3n) is 3.93. The number of methoxy groups -OCH3 is 2. The van der Waals surface area contributed by atoms with Crippen LogP contribution >= 0.6 is 11.4 Å². The predicted octanol–water partition coefficient (Wildman–Crippen LogP) is 2.72. The first-order chi connectivity index (χ1) is 11.8. The van der Waals surface area contributed by atoms with E-state index >= 15 is 0 Å². The lowest BCUT2D eigenvalue weighted by molar-refractivity contribution is 0.0814. The zero-order valence-corrected chi connectivity index (χ0v) is 16.8. The molecule has 0 aliphatic carbocycles. The molecule has 0 saturated heterocycles. The van der Waals surface area contributed by atoms with Crippen molar-refractivity contribution in [2.45, 2.75) is 26.0 Å². The van der Waals surface area contributed by atoms with Crippen LogP contribution in [0.5, 0.6) is 11.5 Å². The Kier molecular flexibility index (Phi) is 9.01. The van der Waals surface area contributed by atoms with Gasteiger partial charge in [-0.3, -0.25) is 4.90 Å². The minimum Gasteiger partial charge on any atom is -0.493 e. The Bertz CT molecular complexity index is 647. The van der Waals surface area contributed by atoms with Gasteiger partial charge in [0.1, 0.15) is 5.05 Å². The van der Waals surface area contributed by atoms with Gasteiger partial charge in [0.15, 0.2) is 11.5 Å². The Balaban J connectivity index is 2.50. The van der Waals surface area contributed by atoms with Gasteiger partial charge < -0.3 is 19.3 Å². The fourth-order valence-corrected chi connectivity index (χ4v) is 2.17. The minimum atomic E-state index is -0.342. The summed E-state index contributed by atoms with van der Waals surface area (Å²) in [7, 11) is 5.23. The Morgan fingerprint density at radius 2 is 1.92 bits per heavy atom. The van der Waals surface area contributed by atoms with Crippen molar-refractivity contribution in [1.29, 1.82) is 0 Å². The van der Waals surface area contributed by atoms with E-state index in [9.17, 15) is 5.11 Å². The molecule has 25 heavy (non-hydrogen) atoms. The second kappa shape index (κ2) is 10.5. The molecule has 0 heterocycles. The highest BCUT2D eigenvalue weighted by Crippen LogP contribution is 2.27. The number of hydrogen-bond donors (Lipinski definition) is 2. The van der Waals surface area contributed by atoms with E-state index in [4.69, 9.17) is 14.2 Å². The van der Waals surface area contributed by atoms with Crippen molar-refractivity contribution >= 4 is 16.4 Å². The molecule has 0 atom stereocenters. The van der Waals surface area contributed by atoms with Gasteiger partial charge in [-0.1, -0.05) is 12.0 Å². The zero-order valence-electron chi connectivity index (χ0n) is 15.9. The lowest BCUT2D eigenvalue weighted by Crippen LogP contribution is -2.41. The van der Waals surface area contributed by atoms with Crippen LogP contribution in [-0.4, -0.2) is 61.3 Å². The maximum Gasteiger partial charge on any atom is 0.161 e. The van der Waals surface area contributed by atoms with Crippen molar-refractivity contribution in [2.24, 2.45) is 0 Å². The van der Waals surface area contributed by atoms with Gasteiger partial charge in [0.2, 0.25) is 0 Å². The molecule has 0 radical (unpaired) electrons. The summed E-state index contributed by atoms with van der Waals surface area (Å²) in [5, 5.41) is 9.68. The lowest BCUT2D eigenvalue weighted by Gasteiger charge is -2.30.